The number of anilines is 1. The van der Waals surface area contributed by atoms with Crippen LogP contribution in [-0.4, -0.2) is 64.2 Å². The third-order valence-electron chi connectivity index (χ3n) is 5.89. The summed E-state index contributed by atoms with van der Waals surface area (Å²) in [5, 5.41) is 3.50. The van der Waals surface area contributed by atoms with Crippen molar-refractivity contribution in [2.75, 3.05) is 31.3 Å². The molecule has 2 atom stereocenters. The van der Waals surface area contributed by atoms with Gasteiger partial charge in [0.1, 0.15) is 12.6 Å². The largest absolute Gasteiger partial charge is 0.493 e. The van der Waals surface area contributed by atoms with E-state index in [0.717, 1.165) is 10.6 Å². The fourth-order valence-corrected chi connectivity index (χ4v) is 4.85. The third kappa shape index (κ3) is 7.90. The molecular formula is C25H33Cl2N3O6S. The quantitative estimate of drug-likeness (QED) is 0.409. The highest BCUT2D eigenvalue weighted by Gasteiger charge is 2.31. The number of rotatable bonds is 12. The maximum atomic E-state index is 13.7. The molecule has 37 heavy (non-hydrogen) atoms. The second-order valence-corrected chi connectivity index (χ2v) is 11.2. The van der Waals surface area contributed by atoms with Gasteiger partial charge in [-0.25, -0.2) is 8.42 Å². The molecule has 0 aliphatic rings. The summed E-state index contributed by atoms with van der Waals surface area (Å²) in [5.41, 5.74) is 0.639. The average molecular weight is 575 g/mol. The van der Waals surface area contributed by atoms with Crippen LogP contribution in [-0.2, 0) is 26.2 Å². The first kappa shape index (κ1) is 30.5. The van der Waals surface area contributed by atoms with E-state index in [0.29, 0.717) is 33.5 Å². The van der Waals surface area contributed by atoms with Crippen molar-refractivity contribution in [2.24, 2.45) is 0 Å². The molecule has 0 radical (unpaired) electrons. The van der Waals surface area contributed by atoms with Gasteiger partial charge in [0.2, 0.25) is 21.8 Å². The molecular weight excluding hydrogens is 541 g/mol. The van der Waals surface area contributed by atoms with E-state index in [1.54, 1.807) is 31.2 Å². The van der Waals surface area contributed by atoms with Crippen LogP contribution in [0, 0.1) is 0 Å². The Morgan fingerprint density at radius 2 is 1.62 bits per heavy atom. The van der Waals surface area contributed by atoms with E-state index in [9.17, 15) is 18.0 Å². The number of carbonyl (C=O) groups is 2. The van der Waals surface area contributed by atoms with Crippen molar-refractivity contribution in [1.82, 2.24) is 10.2 Å². The molecule has 2 aromatic rings. The molecule has 0 saturated heterocycles. The molecule has 2 aromatic carbocycles. The Labute approximate surface area is 228 Å². The minimum atomic E-state index is -3.91. The van der Waals surface area contributed by atoms with E-state index < -0.39 is 28.5 Å². The highest BCUT2D eigenvalue weighted by atomic mass is 35.5. The van der Waals surface area contributed by atoms with Crippen LogP contribution < -0.4 is 19.1 Å². The molecule has 0 aliphatic heterocycles. The summed E-state index contributed by atoms with van der Waals surface area (Å²) in [6.45, 7) is 4.67. The van der Waals surface area contributed by atoms with Gasteiger partial charge >= 0.3 is 0 Å². The van der Waals surface area contributed by atoms with Crippen LogP contribution in [0.1, 0.15) is 32.8 Å². The maximum absolute atomic E-state index is 13.7. The van der Waals surface area contributed by atoms with Crippen LogP contribution in [0.15, 0.2) is 36.4 Å². The highest BCUT2D eigenvalue weighted by Crippen LogP contribution is 2.33. The topological polar surface area (TPSA) is 105 Å². The number of hydrogen-bond acceptors (Lipinski definition) is 6. The summed E-state index contributed by atoms with van der Waals surface area (Å²) in [4.78, 5) is 27.9. The van der Waals surface area contributed by atoms with Crippen molar-refractivity contribution < 1.29 is 27.5 Å². The minimum absolute atomic E-state index is 0.101. The van der Waals surface area contributed by atoms with Gasteiger partial charge in [-0.2, -0.15) is 0 Å². The normalized spacial score (nSPS) is 12.9. The average Bonchev–Trinajstić information content (AvgIpc) is 2.85. The van der Waals surface area contributed by atoms with Crippen LogP contribution in [0.5, 0.6) is 11.5 Å². The number of ether oxygens (including phenoxy) is 2. The first-order valence-electron chi connectivity index (χ1n) is 11.6. The highest BCUT2D eigenvalue weighted by molar-refractivity contribution is 7.92. The van der Waals surface area contributed by atoms with Gasteiger partial charge in [-0.3, -0.25) is 13.9 Å². The number of nitrogens with one attached hydrogen (secondary N) is 1. The van der Waals surface area contributed by atoms with E-state index in [2.05, 4.69) is 5.32 Å². The summed E-state index contributed by atoms with van der Waals surface area (Å²) in [7, 11) is -1.03. The Kier molecular flexibility index (Phi) is 10.9. The summed E-state index contributed by atoms with van der Waals surface area (Å²) in [6, 6.07) is 8.37. The van der Waals surface area contributed by atoms with Crippen molar-refractivity contribution in [2.45, 2.75) is 45.8 Å². The number of hydrogen-bond donors (Lipinski definition) is 1. The molecule has 0 aliphatic carbocycles. The zero-order valence-corrected chi connectivity index (χ0v) is 24.1. The molecule has 1 N–H and O–H groups in total. The van der Waals surface area contributed by atoms with Gasteiger partial charge in [-0.1, -0.05) is 36.2 Å². The number of sulfonamides is 1. The van der Waals surface area contributed by atoms with Crippen LogP contribution in [0.3, 0.4) is 0 Å². The molecule has 0 bridgehead atoms. The first-order chi connectivity index (χ1) is 17.3. The van der Waals surface area contributed by atoms with Crippen molar-refractivity contribution in [3.05, 3.63) is 52.0 Å². The van der Waals surface area contributed by atoms with E-state index in [1.807, 2.05) is 13.8 Å². The second kappa shape index (κ2) is 13.2. The molecule has 0 fully saturated rings. The number of halogens is 2. The Bertz CT molecular complexity index is 1200. The van der Waals surface area contributed by atoms with Gasteiger partial charge in [0.05, 0.1) is 26.2 Å². The monoisotopic (exact) mass is 573 g/mol. The van der Waals surface area contributed by atoms with Crippen molar-refractivity contribution in [3.8, 4) is 11.5 Å². The van der Waals surface area contributed by atoms with Crippen molar-refractivity contribution in [1.29, 1.82) is 0 Å². The molecule has 12 heteroatoms. The van der Waals surface area contributed by atoms with Gasteiger partial charge in [0, 0.05) is 34.3 Å². The lowest BCUT2D eigenvalue weighted by Gasteiger charge is -2.32. The summed E-state index contributed by atoms with van der Waals surface area (Å²) >= 11 is 12.7. The van der Waals surface area contributed by atoms with Gasteiger partial charge in [-0.05, 0) is 44.5 Å². The fraction of sp³-hybridized carbons (Fsp3) is 0.440. The molecule has 2 rings (SSSR count). The smallest absolute Gasteiger partial charge is 0.244 e. The molecule has 0 aromatic heterocycles. The van der Waals surface area contributed by atoms with E-state index >= 15 is 0 Å². The first-order valence-corrected chi connectivity index (χ1v) is 14.2. The van der Waals surface area contributed by atoms with Crippen LogP contribution >= 0.6 is 23.2 Å². The van der Waals surface area contributed by atoms with Crippen LogP contribution in [0.4, 0.5) is 5.69 Å². The minimum Gasteiger partial charge on any atom is -0.493 e. The molecule has 0 spiro atoms. The predicted molar refractivity (Wildman–Crippen MR) is 146 cm³/mol. The third-order valence-corrected chi connectivity index (χ3v) is 7.74. The van der Waals surface area contributed by atoms with E-state index in [4.69, 9.17) is 32.7 Å². The lowest BCUT2D eigenvalue weighted by molar-refractivity contribution is -0.139. The zero-order valence-electron chi connectivity index (χ0n) is 21.7. The van der Waals surface area contributed by atoms with E-state index in [-0.39, 0.29) is 24.2 Å². The van der Waals surface area contributed by atoms with Crippen LogP contribution in [0.25, 0.3) is 0 Å². The lowest BCUT2D eigenvalue weighted by atomic mass is 10.1. The van der Waals surface area contributed by atoms with Gasteiger partial charge in [0.25, 0.3) is 0 Å². The lowest BCUT2D eigenvalue weighted by Crippen LogP contribution is -2.52. The Morgan fingerprint density at radius 3 is 2.14 bits per heavy atom. The Morgan fingerprint density at radius 1 is 1.03 bits per heavy atom. The molecule has 0 saturated carbocycles. The maximum Gasteiger partial charge on any atom is 0.244 e. The predicted octanol–water partition coefficient (Wildman–Crippen LogP) is 4.11. The number of carbonyl (C=O) groups excluding carboxylic acids is 2. The Balaban J connectivity index is 2.49. The molecule has 9 nitrogen and oxygen atoms in total. The van der Waals surface area contributed by atoms with Gasteiger partial charge in [0.15, 0.2) is 11.5 Å². The summed E-state index contributed by atoms with van der Waals surface area (Å²) < 4.78 is 37.0. The second-order valence-electron chi connectivity index (χ2n) is 8.52. The standard InChI is InChI=1S/C25H33Cl2N3O6S/c1-7-16(2)28-25(32)17(3)29(14-19-20(26)9-8-10-21(19)27)24(31)15-30(37(6,33)34)18-11-12-22(35-4)23(13-18)36-5/h8-13,16-17H,7,14-15H2,1-6H3,(H,28,32)/t16-,17+/m1/s1. The number of nitrogens with zero attached hydrogens (tertiary/aromatic N) is 2. The number of methoxy groups -OCH3 is 2. The zero-order chi connectivity index (χ0) is 27.9. The van der Waals surface area contributed by atoms with E-state index in [1.165, 1.54) is 31.3 Å². The van der Waals surface area contributed by atoms with Crippen molar-refractivity contribution in [3.63, 3.8) is 0 Å². The molecule has 204 valence electrons. The SMILES string of the molecule is CC[C@@H](C)NC(=O)[C@H](C)N(Cc1c(Cl)cccc1Cl)C(=O)CN(c1ccc(OC)c(OC)c1)S(C)(=O)=O. The number of benzene rings is 2. The molecule has 0 heterocycles. The van der Waals surface area contributed by atoms with Crippen LogP contribution in [0.2, 0.25) is 10.0 Å². The summed E-state index contributed by atoms with van der Waals surface area (Å²) in [5.74, 6) is -0.315. The molecule has 0 unspecified atom stereocenters. The number of amides is 2. The molecule has 2 amide bonds. The fourth-order valence-electron chi connectivity index (χ4n) is 3.50. The van der Waals surface area contributed by atoms with Gasteiger partial charge in [-0.15, -0.1) is 0 Å². The van der Waals surface area contributed by atoms with Gasteiger partial charge < -0.3 is 19.7 Å². The summed E-state index contributed by atoms with van der Waals surface area (Å²) in [6.07, 6.45) is 1.69. The Hall–Kier alpha value is -2.69. The van der Waals surface area contributed by atoms with Crippen molar-refractivity contribution >= 4 is 50.7 Å².